The molecule has 0 spiro atoms. The quantitative estimate of drug-likeness (QED) is 0.912. The van der Waals surface area contributed by atoms with Crippen LogP contribution in [-0.2, 0) is 6.18 Å². The number of nitrogens with zero attached hydrogens (tertiary/aromatic N) is 1. The molecule has 100 valence electrons. The number of H-pyrrole nitrogens is 1. The van der Waals surface area contributed by atoms with Crippen molar-refractivity contribution in [3.63, 3.8) is 0 Å². The second-order valence-electron chi connectivity index (χ2n) is 3.76. The van der Waals surface area contributed by atoms with E-state index < -0.39 is 17.3 Å². The predicted molar refractivity (Wildman–Crippen MR) is 61.8 cm³/mol. The molecule has 0 saturated carbocycles. The maximum Gasteiger partial charge on any atom is 0.416 e. The number of alkyl halides is 3. The predicted octanol–water partition coefficient (Wildman–Crippen LogP) is 2.46. The lowest BCUT2D eigenvalue weighted by Crippen LogP contribution is -2.13. The maximum absolute atomic E-state index is 12.6. The van der Waals surface area contributed by atoms with Gasteiger partial charge in [0.05, 0.1) is 24.6 Å². The third-order valence-corrected chi connectivity index (χ3v) is 2.43. The minimum absolute atomic E-state index is 0.0335. The SMILES string of the molecule is COc1cncc(-c2cc(C(F)(F)F)cc(=O)[nH]2)c1. The number of rotatable bonds is 2. The van der Waals surface area contributed by atoms with E-state index in [1.165, 1.54) is 25.6 Å². The van der Waals surface area contributed by atoms with Crippen LogP contribution in [0, 0.1) is 0 Å². The van der Waals surface area contributed by atoms with Gasteiger partial charge in [0.2, 0.25) is 5.56 Å². The van der Waals surface area contributed by atoms with Gasteiger partial charge in [-0.1, -0.05) is 0 Å². The van der Waals surface area contributed by atoms with E-state index >= 15 is 0 Å². The Balaban J connectivity index is 2.56. The summed E-state index contributed by atoms with van der Waals surface area (Å²) >= 11 is 0. The minimum Gasteiger partial charge on any atom is -0.495 e. The van der Waals surface area contributed by atoms with Crippen LogP contribution < -0.4 is 10.3 Å². The van der Waals surface area contributed by atoms with E-state index in [4.69, 9.17) is 4.74 Å². The van der Waals surface area contributed by atoms with Gasteiger partial charge in [0.15, 0.2) is 0 Å². The molecule has 0 aromatic carbocycles. The lowest BCUT2D eigenvalue weighted by molar-refractivity contribution is -0.137. The van der Waals surface area contributed by atoms with Crippen molar-refractivity contribution < 1.29 is 17.9 Å². The lowest BCUT2D eigenvalue weighted by Gasteiger charge is -2.09. The number of hydrogen-bond donors (Lipinski definition) is 1. The second-order valence-corrected chi connectivity index (χ2v) is 3.76. The molecule has 0 fully saturated rings. The summed E-state index contributed by atoms with van der Waals surface area (Å²) in [5.41, 5.74) is -1.46. The van der Waals surface area contributed by atoms with Gasteiger partial charge in [-0.05, 0) is 12.1 Å². The first kappa shape index (κ1) is 13.1. The van der Waals surface area contributed by atoms with E-state index in [9.17, 15) is 18.0 Å². The first-order valence-corrected chi connectivity index (χ1v) is 5.21. The van der Waals surface area contributed by atoms with Gasteiger partial charge in [-0.15, -0.1) is 0 Å². The number of halogens is 3. The van der Waals surface area contributed by atoms with E-state index in [0.29, 0.717) is 17.4 Å². The molecule has 0 atom stereocenters. The van der Waals surface area contributed by atoms with Gasteiger partial charge < -0.3 is 9.72 Å². The van der Waals surface area contributed by atoms with E-state index in [2.05, 4.69) is 9.97 Å². The number of methoxy groups -OCH3 is 1. The van der Waals surface area contributed by atoms with E-state index in [-0.39, 0.29) is 5.69 Å². The Labute approximate surface area is 105 Å². The zero-order valence-electron chi connectivity index (χ0n) is 9.78. The van der Waals surface area contributed by atoms with Gasteiger partial charge in [0.25, 0.3) is 0 Å². The number of aromatic amines is 1. The summed E-state index contributed by atoms with van der Waals surface area (Å²) in [6.07, 6.45) is -1.82. The molecule has 2 aromatic rings. The first-order valence-electron chi connectivity index (χ1n) is 5.21. The molecule has 0 radical (unpaired) electrons. The molecule has 7 heteroatoms. The third-order valence-electron chi connectivity index (χ3n) is 2.43. The zero-order chi connectivity index (χ0) is 14.0. The van der Waals surface area contributed by atoms with Crippen LogP contribution in [0.15, 0.2) is 35.4 Å². The monoisotopic (exact) mass is 270 g/mol. The number of aromatic nitrogens is 2. The average molecular weight is 270 g/mol. The standard InChI is InChI=1S/C12H9F3N2O2/c1-19-9-2-7(5-16-6-9)10-3-8(12(13,14)15)4-11(18)17-10/h2-6H,1H3,(H,17,18). The Morgan fingerprint density at radius 3 is 2.58 bits per heavy atom. The Morgan fingerprint density at radius 1 is 1.21 bits per heavy atom. The largest absolute Gasteiger partial charge is 0.495 e. The van der Waals surface area contributed by atoms with Gasteiger partial charge in [0, 0.05) is 17.8 Å². The van der Waals surface area contributed by atoms with Crippen LogP contribution in [0.5, 0.6) is 5.75 Å². The van der Waals surface area contributed by atoms with E-state index in [1.54, 1.807) is 0 Å². The highest BCUT2D eigenvalue weighted by molar-refractivity contribution is 5.60. The first-order chi connectivity index (χ1) is 8.90. The molecule has 0 unspecified atom stereocenters. The van der Waals surface area contributed by atoms with Gasteiger partial charge >= 0.3 is 6.18 Å². The van der Waals surface area contributed by atoms with Crippen LogP contribution in [0.1, 0.15) is 5.56 Å². The van der Waals surface area contributed by atoms with Crippen molar-refractivity contribution in [2.45, 2.75) is 6.18 Å². The molecular formula is C12H9F3N2O2. The van der Waals surface area contributed by atoms with Crippen molar-refractivity contribution >= 4 is 0 Å². The van der Waals surface area contributed by atoms with Gasteiger partial charge in [0.1, 0.15) is 5.75 Å². The number of nitrogens with one attached hydrogen (secondary N) is 1. The summed E-state index contributed by atoms with van der Waals surface area (Å²) in [5, 5.41) is 0. The van der Waals surface area contributed by atoms with Crippen LogP contribution in [0.25, 0.3) is 11.3 Å². The summed E-state index contributed by atoms with van der Waals surface area (Å²) in [5.74, 6) is 0.385. The van der Waals surface area contributed by atoms with Crippen LogP contribution >= 0.6 is 0 Å². The van der Waals surface area contributed by atoms with Crippen LogP contribution in [0.4, 0.5) is 13.2 Å². The molecule has 19 heavy (non-hydrogen) atoms. The molecule has 2 aromatic heterocycles. The number of pyridine rings is 2. The molecule has 2 heterocycles. The summed E-state index contributed by atoms with van der Waals surface area (Å²) in [7, 11) is 1.41. The summed E-state index contributed by atoms with van der Waals surface area (Å²) in [6, 6.07) is 2.85. The van der Waals surface area contributed by atoms with Gasteiger partial charge in [-0.25, -0.2) is 0 Å². The normalized spacial score (nSPS) is 11.4. The van der Waals surface area contributed by atoms with Crippen molar-refractivity contribution in [3.8, 4) is 17.0 Å². The highest BCUT2D eigenvalue weighted by Gasteiger charge is 2.31. The van der Waals surface area contributed by atoms with E-state index in [0.717, 1.165) is 6.07 Å². The van der Waals surface area contributed by atoms with Crippen molar-refractivity contribution in [2.24, 2.45) is 0 Å². The van der Waals surface area contributed by atoms with Crippen LogP contribution in [0.3, 0.4) is 0 Å². The molecule has 0 aliphatic carbocycles. The van der Waals surface area contributed by atoms with Gasteiger partial charge in [-0.2, -0.15) is 13.2 Å². The van der Waals surface area contributed by atoms with E-state index in [1.807, 2.05) is 0 Å². The lowest BCUT2D eigenvalue weighted by atomic mass is 10.1. The molecule has 0 amide bonds. The van der Waals surface area contributed by atoms with Crippen molar-refractivity contribution in [2.75, 3.05) is 7.11 Å². The summed E-state index contributed by atoms with van der Waals surface area (Å²) < 4.78 is 42.8. The molecule has 0 aliphatic rings. The average Bonchev–Trinajstić information content (AvgIpc) is 2.37. The van der Waals surface area contributed by atoms with Gasteiger partial charge in [-0.3, -0.25) is 9.78 Å². The Morgan fingerprint density at radius 2 is 1.95 bits per heavy atom. The second kappa shape index (κ2) is 4.75. The molecule has 0 bridgehead atoms. The minimum atomic E-state index is -4.57. The van der Waals surface area contributed by atoms with Crippen molar-refractivity contribution in [1.29, 1.82) is 0 Å². The molecule has 0 aliphatic heterocycles. The fraction of sp³-hybridized carbons (Fsp3) is 0.167. The van der Waals surface area contributed by atoms with Crippen LogP contribution in [0.2, 0.25) is 0 Å². The fourth-order valence-electron chi connectivity index (χ4n) is 1.54. The number of hydrogen-bond acceptors (Lipinski definition) is 3. The summed E-state index contributed by atoms with van der Waals surface area (Å²) in [6.45, 7) is 0. The molecule has 4 nitrogen and oxygen atoms in total. The molecular weight excluding hydrogens is 261 g/mol. The Kier molecular flexibility index (Phi) is 3.28. The fourth-order valence-corrected chi connectivity index (χ4v) is 1.54. The zero-order valence-corrected chi connectivity index (χ0v) is 9.78. The Bertz CT molecular complexity index is 650. The summed E-state index contributed by atoms with van der Waals surface area (Å²) in [4.78, 5) is 17.4. The molecule has 0 saturated heterocycles. The van der Waals surface area contributed by atoms with Crippen molar-refractivity contribution in [1.82, 2.24) is 9.97 Å². The topological polar surface area (TPSA) is 55.0 Å². The smallest absolute Gasteiger partial charge is 0.416 e. The molecule has 2 rings (SSSR count). The highest BCUT2D eigenvalue weighted by Crippen LogP contribution is 2.30. The number of ether oxygens (including phenoxy) is 1. The van der Waals surface area contributed by atoms with Crippen LogP contribution in [-0.4, -0.2) is 17.1 Å². The molecule has 1 N–H and O–H groups in total. The Hall–Kier alpha value is -2.31. The highest BCUT2D eigenvalue weighted by atomic mass is 19.4. The third kappa shape index (κ3) is 2.93. The maximum atomic E-state index is 12.6. The van der Waals surface area contributed by atoms with Crippen molar-refractivity contribution in [3.05, 3.63) is 46.5 Å².